The minimum atomic E-state index is -3.67. The van der Waals surface area contributed by atoms with Crippen LogP contribution in [-0.4, -0.2) is 56.7 Å². The van der Waals surface area contributed by atoms with E-state index in [1.165, 1.54) is 4.31 Å². The zero-order valence-electron chi connectivity index (χ0n) is 14.1. The molecule has 1 fully saturated rings. The van der Waals surface area contributed by atoms with Crippen LogP contribution in [0.25, 0.3) is 0 Å². The van der Waals surface area contributed by atoms with Crippen LogP contribution in [0, 0.1) is 13.8 Å². The first-order chi connectivity index (χ1) is 11.3. The van der Waals surface area contributed by atoms with Crippen LogP contribution in [0.4, 0.5) is 0 Å². The van der Waals surface area contributed by atoms with Gasteiger partial charge in [-0.1, -0.05) is 0 Å². The summed E-state index contributed by atoms with van der Waals surface area (Å²) < 4.78 is 37.9. The van der Waals surface area contributed by atoms with E-state index in [1.807, 2.05) is 0 Å². The van der Waals surface area contributed by atoms with Crippen molar-refractivity contribution in [1.82, 2.24) is 4.31 Å². The molecule has 8 heteroatoms. The van der Waals surface area contributed by atoms with E-state index >= 15 is 0 Å². The number of ether oxygens (including phenoxy) is 2. The highest BCUT2D eigenvalue weighted by atomic mass is 32.2. The first-order valence-electron chi connectivity index (χ1n) is 7.74. The second kappa shape index (κ2) is 7.50. The number of carboxylic acid groups (broad SMARTS) is 1. The molecule has 0 saturated carbocycles. The fourth-order valence-corrected chi connectivity index (χ4v) is 5.22. The summed E-state index contributed by atoms with van der Waals surface area (Å²) in [6, 6.07) is 3.06. The lowest BCUT2D eigenvalue weighted by Gasteiger charge is -2.25. The van der Waals surface area contributed by atoms with Crippen molar-refractivity contribution < 1.29 is 27.8 Å². The van der Waals surface area contributed by atoms with Crippen molar-refractivity contribution in [3.63, 3.8) is 0 Å². The average Bonchev–Trinajstić information content (AvgIpc) is 2.95. The number of nitrogens with zero attached hydrogens (tertiary/aromatic N) is 1. The van der Waals surface area contributed by atoms with E-state index in [0.29, 0.717) is 29.8 Å². The Morgan fingerprint density at radius 2 is 1.96 bits per heavy atom. The third kappa shape index (κ3) is 3.88. The Bertz CT molecular complexity index is 692. The van der Waals surface area contributed by atoms with Gasteiger partial charge in [0.2, 0.25) is 10.0 Å². The fraction of sp³-hybridized carbons (Fsp3) is 0.562. The van der Waals surface area contributed by atoms with Gasteiger partial charge in [0.1, 0.15) is 12.4 Å². The summed E-state index contributed by atoms with van der Waals surface area (Å²) >= 11 is 0. The zero-order chi connectivity index (χ0) is 17.9. The van der Waals surface area contributed by atoms with E-state index in [-0.39, 0.29) is 17.5 Å². The van der Waals surface area contributed by atoms with Crippen LogP contribution in [0.2, 0.25) is 0 Å². The van der Waals surface area contributed by atoms with E-state index in [9.17, 15) is 13.2 Å². The highest BCUT2D eigenvalue weighted by molar-refractivity contribution is 7.89. The van der Waals surface area contributed by atoms with Gasteiger partial charge in [0, 0.05) is 12.6 Å². The number of benzene rings is 1. The minimum absolute atomic E-state index is 0.0831. The molecule has 134 valence electrons. The summed E-state index contributed by atoms with van der Waals surface area (Å²) in [4.78, 5) is 10.8. The number of carboxylic acids is 1. The molecule has 1 N–H and O–H groups in total. The summed E-state index contributed by atoms with van der Waals surface area (Å²) in [6.07, 6.45) is 1.39. The fourth-order valence-electron chi connectivity index (χ4n) is 3.13. The van der Waals surface area contributed by atoms with Gasteiger partial charge in [-0.15, -0.1) is 0 Å². The Labute approximate surface area is 142 Å². The number of aryl methyl sites for hydroxylation is 2. The SMILES string of the molecule is COc1cc(C)c(S(=O)(=O)N2CCC[C@H]2COCC(=O)O)c(C)c1. The van der Waals surface area contributed by atoms with Crippen molar-refractivity contribution in [1.29, 1.82) is 0 Å². The molecule has 1 aromatic carbocycles. The number of methoxy groups -OCH3 is 1. The standard InChI is InChI=1S/C16H23NO6S/c1-11-7-14(22-3)8-12(2)16(11)24(20,21)17-6-4-5-13(17)9-23-10-15(18)19/h7-8,13H,4-6,9-10H2,1-3H3,(H,18,19)/t13-/m0/s1. The van der Waals surface area contributed by atoms with Gasteiger partial charge in [0.05, 0.1) is 18.6 Å². The smallest absolute Gasteiger partial charge is 0.329 e. The Morgan fingerprint density at radius 1 is 1.33 bits per heavy atom. The van der Waals surface area contributed by atoms with Gasteiger partial charge in [-0.05, 0) is 49.9 Å². The van der Waals surface area contributed by atoms with Crippen LogP contribution in [0.5, 0.6) is 5.75 Å². The number of aliphatic carboxylic acids is 1. The summed E-state index contributed by atoms with van der Waals surface area (Å²) in [7, 11) is -2.13. The Hall–Kier alpha value is -1.64. The van der Waals surface area contributed by atoms with Crippen molar-refractivity contribution in [3.05, 3.63) is 23.3 Å². The third-order valence-corrected chi connectivity index (χ3v) is 6.35. The second-order valence-electron chi connectivity index (χ2n) is 5.91. The topological polar surface area (TPSA) is 93.1 Å². The minimum Gasteiger partial charge on any atom is -0.497 e. The molecule has 1 saturated heterocycles. The normalized spacial score (nSPS) is 18.7. The Morgan fingerprint density at radius 3 is 2.50 bits per heavy atom. The quantitative estimate of drug-likeness (QED) is 0.796. The lowest BCUT2D eigenvalue weighted by Crippen LogP contribution is -2.39. The van der Waals surface area contributed by atoms with Crippen LogP contribution in [0.1, 0.15) is 24.0 Å². The number of sulfonamides is 1. The van der Waals surface area contributed by atoms with Crippen molar-refractivity contribution >= 4 is 16.0 Å². The first-order valence-corrected chi connectivity index (χ1v) is 9.18. The van der Waals surface area contributed by atoms with Crippen LogP contribution in [0.15, 0.2) is 17.0 Å². The monoisotopic (exact) mass is 357 g/mol. The average molecular weight is 357 g/mol. The van der Waals surface area contributed by atoms with Gasteiger partial charge in [-0.2, -0.15) is 4.31 Å². The van der Waals surface area contributed by atoms with Crippen molar-refractivity contribution in [3.8, 4) is 5.75 Å². The molecule has 7 nitrogen and oxygen atoms in total. The van der Waals surface area contributed by atoms with E-state index in [4.69, 9.17) is 14.6 Å². The molecule has 1 atom stereocenters. The number of rotatable bonds is 7. The second-order valence-corrected chi connectivity index (χ2v) is 7.74. The predicted molar refractivity (Wildman–Crippen MR) is 87.8 cm³/mol. The lowest BCUT2D eigenvalue weighted by atomic mass is 10.1. The predicted octanol–water partition coefficient (Wildman–Crippen LogP) is 1.57. The maximum absolute atomic E-state index is 13.1. The molecular formula is C16H23NO6S. The maximum Gasteiger partial charge on any atom is 0.329 e. The molecule has 2 rings (SSSR count). The zero-order valence-corrected chi connectivity index (χ0v) is 14.9. The maximum atomic E-state index is 13.1. The van der Waals surface area contributed by atoms with Crippen molar-refractivity contribution in [2.75, 3.05) is 26.9 Å². The van der Waals surface area contributed by atoms with Crippen LogP contribution in [0.3, 0.4) is 0 Å². The summed E-state index contributed by atoms with van der Waals surface area (Å²) in [5.41, 5.74) is 1.26. The number of hydrogen-bond acceptors (Lipinski definition) is 5. The highest BCUT2D eigenvalue weighted by Crippen LogP contribution is 2.32. The van der Waals surface area contributed by atoms with E-state index in [1.54, 1.807) is 33.1 Å². The van der Waals surface area contributed by atoms with E-state index in [0.717, 1.165) is 6.42 Å². The number of hydrogen-bond donors (Lipinski definition) is 1. The van der Waals surface area contributed by atoms with Gasteiger partial charge in [0.15, 0.2) is 0 Å². The highest BCUT2D eigenvalue weighted by Gasteiger charge is 2.37. The Kier molecular flexibility index (Phi) is 5.84. The van der Waals surface area contributed by atoms with E-state index < -0.39 is 22.6 Å². The summed E-state index contributed by atoms with van der Waals surface area (Å²) in [6.45, 7) is 3.56. The van der Waals surface area contributed by atoms with Crippen molar-refractivity contribution in [2.24, 2.45) is 0 Å². The molecule has 1 aliphatic heterocycles. The molecule has 0 radical (unpaired) electrons. The summed E-state index contributed by atoms with van der Waals surface area (Å²) in [5.74, 6) is -0.448. The molecule has 1 aliphatic rings. The number of carbonyl (C=O) groups is 1. The van der Waals surface area contributed by atoms with E-state index in [2.05, 4.69) is 0 Å². The van der Waals surface area contributed by atoms with Gasteiger partial charge in [0.25, 0.3) is 0 Å². The van der Waals surface area contributed by atoms with Crippen LogP contribution >= 0.6 is 0 Å². The van der Waals surface area contributed by atoms with Gasteiger partial charge >= 0.3 is 5.97 Å². The van der Waals surface area contributed by atoms with Crippen molar-refractivity contribution in [2.45, 2.75) is 37.6 Å². The molecule has 24 heavy (non-hydrogen) atoms. The Balaban J connectivity index is 2.27. The first kappa shape index (κ1) is 18.7. The third-order valence-electron chi connectivity index (χ3n) is 4.10. The molecule has 0 aromatic heterocycles. The van der Waals surface area contributed by atoms with Crippen LogP contribution in [-0.2, 0) is 19.6 Å². The molecular weight excluding hydrogens is 334 g/mol. The van der Waals surface area contributed by atoms with Gasteiger partial charge < -0.3 is 14.6 Å². The molecule has 0 bridgehead atoms. The lowest BCUT2D eigenvalue weighted by molar-refractivity contribution is -0.142. The molecule has 1 aromatic rings. The molecule has 0 unspecified atom stereocenters. The largest absolute Gasteiger partial charge is 0.497 e. The molecule has 0 amide bonds. The molecule has 1 heterocycles. The van der Waals surface area contributed by atoms with Crippen LogP contribution < -0.4 is 4.74 Å². The summed E-state index contributed by atoms with van der Waals surface area (Å²) in [5, 5.41) is 8.64. The van der Waals surface area contributed by atoms with Gasteiger partial charge in [-0.3, -0.25) is 0 Å². The molecule has 0 aliphatic carbocycles. The van der Waals surface area contributed by atoms with Gasteiger partial charge in [-0.25, -0.2) is 13.2 Å². The molecule has 0 spiro atoms.